The molecule has 0 bridgehead atoms. The Labute approximate surface area is 56.2 Å². The van der Waals surface area contributed by atoms with Gasteiger partial charge in [0.2, 0.25) is 0 Å². The van der Waals surface area contributed by atoms with E-state index in [0.29, 0.717) is 0 Å². The van der Waals surface area contributed by atoms with Gasteiger partial charge in [0, 0.05) is 6.92 Å². The van der Waals surface area contributed by atoms with Gasteiger partial charge in [-0.05, 0) is 0 Å². The van der Waals surface area contributed by atoms with Crippen LogP contribution in [-0.4, -0.2) is 11.1 Å². The number of carbonyl (C=O) groups is 1. The third kappa shape index (κ3) is 9150. The summed E-state index contributed by atoms with van der Waals surface area (Å²) in [4.78, 5) is 9.00. The molecule has 0 saturated heterocycles. The quantitative estimate of drug-likeness (QED) is 0.271. The predicted octanol–water partition coefficient (Wildman–Crippen LogP) is -2.27. The van der Waals surface area contributed by atoms with Crippen molar-refractivity contribution in [3.05, 3.63) is 0 Å². The van der Waals surface area contributed by atoms with Crippen LogP contribution in [0.3, 0.4) is 0 Å². The molecule has 0 atom stereocenters. The van der Waals surface area contributed by atoms with Crippen molar-refractivity contribution in [3.63, 3.8) is 0 Å². The Morgan fingerprint density at radius 1 is 1.33 bits per heavy atom. The average molecular weight is 188 g/mol. The van der Waals surface area contributed by atoms with Crippen LogP contribution in [0.15, 0.2) is 0 Å². The van der Waals surface area contributed by atoms with Gasteiger partial charge < -0.3 is 5.11 Å². The van der Waals surface area contributed by atoms with Gasteiger partial charge in [0.05, 0.1) is 0 Å². The van der Waals surface area contributed by atoms with Gasteiger partial charge in [0.1, 0.15) is 0 Å². The number of aliphatic carboxylic acids is 1. The molecule has 9 N–H and O–H groups in total. The van der Waals surface area contributed by atoms with E-state index in [9.17, 15) is 0 Å². The molecule has 6 nitrogen and oxygen atoms in total. The second-order valence-corrected chi connectivity index (χ2v) is 3.01. The number of rotatable bonds is 0. The maximum atomic E-state index is 9.00. The summed E-state index contributed by atoms with van der Waals surface area (Å²) in [5, 5.41) is 7.42. The van der Waals surface area contributed by atoms with Crippen LogP contribution in [0.5, 0.6) is 0 Å². The zero-order chi connectivity index (χ0) is 8.08. The molecule has 0 amide bonds. The zero-order valence-corrected chi connectivity index (χ0v) is 5.91. The van der Waals surface area contributed by atoms with Crippen LogP contribution < -0.4 is 19.0 Å². The molecule has 7 heteroatoms. The van der Waals surface area contributed by atoms with Crippen LogP contribution in [0.1, 0.15) is 6.92 Å². The van der Waals surface area contributed by atoms with Gasteiger partial charge in [-0.25, -0.2) is 0 Å². The summed E-state index contributed by atoms with van der Waals surface area (Å²) in [6.07, 6.45) is 0. The third-order valence-electron chi connectivity index (χ3n) is 0. The van der Waals surface area contributed by atoms with Crippen LogP contribution in [-0.2, 0) is 18.5 Å². The predicted molar refractivity (Wildman–Crippen MR) is 30.1 cm³/mol. The number of carboxylic acid groups (broad SMARTS) is 1. The van der Waals surface area contributed by atoms with Crippen molar-refractivity contribution >= 4 is 5.97 Å². The number of nitrogens with two attached hydrogens (primary N) is 4. The van der Waals surface area contributed by atoms with Crippen molar-refractivity contribution in [2.75, 3.05) is 0 Å². The first kappa shape index (κ1) is 11.6. The molecule has 0 aliphatic rings. The van der Waals surface area contributed by atoms with Gasteiger partial charge in [0.25, 0.3) is 5.97 Å². The standard InChI is InChI=1S/C2H4O2.Cu.4H2N/c1-2(3)4;;;;;/h1H3,(H,3,4);;4*1H2/q;+4;4*-1. The first-order valence-corrected chi connectivity index (χ1v) is 3.80. The van der Waals surface area contributed by atoms with Crippen LogP contribution >= 0.6 is 0 Å². The SMILES string of the molecule is CC(=O)O.[NH2][Cu]([NH2])([NH2])[NH2]. The van der Waals surface area contributed by atoms with Crippen molar-refractivity contribution in [3.8, 4) is 0 Å². The summed E-state index contributed by atoms with van der Waals surface area (Å²) < 4.78 is 19.1. The first-order chi connectivity index (χ1) is 3.73. The molecule has 0 aliphatic heterocycles. The van der Waals surface area contributed by atoms with Gasteiger partial charge in [-0.15, -0.1) is 0 Å². The van der Waals surface area contributed by atoms with Crippen LogP contribution in [0.4, 0.5) is 0 Å². The molecule has 0 spiro atoms. The van der Waals surface area contributed by atoms with E-state index in [0.717, 1.165) is 6.92 Å². The molecule has 0 fully saturated rings. The molecular weight excluding hydrogens is 176 g/mol. The van der Waals surface area contributed by atoms with Gasteiger partial charge in [-0.3, -0.25) is 4.79 Å². The number of hydrogen-bond donors (Lipinski definition) is 5. The molecule has 0 aliphatic carbocycles. The van der Waals surface area contributed by atoms with E-state index in [1.807, 2.05) is 0 Å². The van der Waals surface area contributed by atoms with E-state index in [-0.39, 0.29) is 0 Å². The summed E-state index contributed by atoms with van der Waals surface area (Å²) >= 11 is -2.12. The Bertz CT molecular complexity index is 79.1. The fraction of sp³-hybridized carbons (Fsp3) is 0.500. The number of carboxylic acids is 1. The second kappa shape index (κ2) is 4.68. The minimum atomic E-state index is -2.12. The van der Waals surface area contributed by atoms with Crippen molar-refractivity contribution in [2.45, 2.75) is 6.92 Å². The van der Waals surface area contributed by atoms with E-state index >= 15 is 0 Å². The fourth-order valence-corrected chi connectivity index (χ4v) is 0. The van der Waals surface area contributed by atoms with Gasteiger partial charge >= 0.3 is 32.7 Å². The average Bonchev–Trinajstić information content (AvgIpc) is 1.19. The molecule has 0 aromatic carbocycles. The molecule has 0 aromatic heterocycles. The molecule has 0 unspecified atom stereocenters. The maximum absolute atomic E-state index is 9.00. The van der Waals surface area contributed by atoms with E-state index in [1.54, 1.807) is 0 Å². The minimum absolute atomic E-state index is 0.833. The second-order valence-electron chi connectivity index (χ2n) is 1.12. The van der Waals surface area contributed by atoms with E-state index < -0.39 is 19.7 Å². The Kier molecular flexibility index (Phi) is 6.04. The number of hydrogen-bond acceptors (Lipinski definition) is 5. The van der Waals surface area contributed by atoms with Crippen molar-refractivity contribution < 1.29 is 23.6 Å². The summed E-state index contributed by atoms with van der Waals surface area (Å²) in [6, 6.07) is 0. The normalized spacial score (nSPS) is 11.2. The Morgan fingerprint density at radius 2 is 1.33 bits per heavy atom. The van der Waals surface area contributed by atoms with E-state index in [2.05, 4.69) is 0 Å². The fourth-order valence-electron chi connectivity index (χ4n) is 0. The van der Waals surface area contributed by atoms with Gasteiger partial charge in [-0.2, -0.15) is 0 Å². The first-order valence-electron chi connectivity index (χ1n) is 1.62. The molecule has 0 radical (unpaired) electrons. The molecule has 0 aromatic rings. The van der Waals surface area contributed by atoms with Crippen LogP contribution in [0, 0.1) is 0 Å². The Balaban J connectivity index is 0. The van der Waals surface area contributed by atoms with Crippen molar-refractivity contribution in [1.29, 1.82) is 0 Å². The molecule has 63 valence electrons. The molecule has 0 saturated carbocycles. The van der Waals surface area contributed by atoms with Crippen molar-refractivity contribution in [2.24, 2.45) is 19.0 Å². The summed E-state index contributed by atoms with van der Waals surface area (Å²) in [5.74, 6) is -0.833. The molecular formula is C2H12CuN4O2. The Hall–Kier alpha value is -0.171. The third-order valence-corrected chi connectivity index (χ3v) is 0. The molecule has 0 rings (SSSR count). The molecule has 0 heterocycles. The summed E-state index contributed by atoms with van der Waals surface area (Å²) in [6.45, 7) is 1.08. The van der Waals surface area contributed by atoms with Gasteiger partial charge in [0.15, 0.2) is 0 Å². The summed E-state index contributed by atoms with van der Waals surface area (Å²) in [5.41, 5.74) is 0. The topological polar surface area (TPSA) is 141 Å². The summed E-state index contributed by atoms with van der Waals surface area (Å²) in [7, 11) is 0. The van der Waals surface area contributed by atoms with E-state index in [4.69, 9.17) is 28.9 Å². The molecule has 9 heavy (non-hydrogen) atoms. The van der Waals surface area contributed by atoms with Crippen LogP contribution in [0.25, 0.3) is 0 Å². The van der Waals surface area contributed by atoms with E-state index in [1.165, 1.54) is 0 Å². The van der Waals surface area contributed by atoms with Crippen LogP contribution in [0.2, 0.25) is 0 Å². The monoisotopic (exact) mass is 187 g/mol. The van der Waals surface area contributed by atoms with Crippen molar-refractivity contribution in [1.82, 2.24) is 0 Å². The van der Waals surface area contributed by atoms with Gasteiger partial charge in [-0.1, -0.05) is 0 Å². The zero-order valence-electron chi connectivity index (χ0n) is 4.97. The Morgan fingerprint density at radius 3 is 1.33 bits per heavy atom.